The minimum atomic E-state index is -0.139. The molecule has 0 aliphatic carbocycles. The summed E-state index contributed by atoms with van der Waals surface area (Å²) in [5.74, 6) is 0.739. The summed E-state index contributed by atoms with van der Waals surface area (Å²) in [4.78, 5) is 25.6. The molecule has 1 saturated heterocycles. The average Bonchev–Trinajstić information content (AvgIpc) is 3.34. The van der Waals surface area contributed by atoms with E-state index >= 15 is 0 Å². The number of fused-ring (bicyclic) bond motifs is 1. The number of nitrogens with one attached hydrogen (secondary N) is 1. The van der Waals surface area contributed by atoms with Crippen LogP contribution < -0.4 is 10.1 Å². The van der Waals surface area contributed by atoms with Crippen molar-refractivity contribution in [1.82, 2.24) is 24.8 Å². The highest BCUT2D eigenvalue weighted by molar-refractivity contribution is 7.10. The Morgan fingerprint density at radius 1 is 1.32 bits per heavy atom. The number of ether oxygens (including phenoxy) is 1. The maximum atomic E-state index is 11.6. The van der Waals surface area contributed by atoms with Gasteiger partial charge in [-0.1, -0.05) is 20.8 Å². The van der Waals surface area contributed by atoms with Crippen LogP contribution in [0, 0.1) is 5.92 Å². The number of hydrogen-bond acceptors (Lipinski definition) is 6. The van der Waals surface area contributed by atoms with Gasteiger partial charge in [-0.15, -0.1) is 11.3 Å². The normalized spacial score (nSPS) is 18.5. The summed E-state index contributed by atoms with van der Waals surface area (Å²) in [6.07, 6.45) is 2.10. The first kappa shape index (κ1) is 18.9. The maximum absolute atomic E-state index is 11.6. The zero-order valence-electron chi connectivity index (χ0n) is 16.8. The largest absolute Gasteiger partial charge is 0.473 e. The third-order valence-corrected chi connectivity index (χ3v) is 6.31. The second-order valence-electron chi connectivity index (χ2n) is 8.42. The molecule has 3 aromatic heterocycles. The van der Waals surface area contributed by atoms with Crippen LogP contribution in [-0.4, -0.2) is 38.1 Å². The summed E-state index contributed by atoms with van der Waals surface area (Å²) in [5, 5.41) is 5.97. The van der Waals surface area contributed by atoms with Crippen LogP contribution >= 0.6 is 11.3 Å². The van der Waals surface area contributed by atoms with Gasteiger partial charge in [-0.3, -0.25) is 4.79 Å². The molecule has 4 heterocycles. The third kappa shape index (κ3) is 3.48. The van der Waals surface area contributed by atoms with Crippen molar-refractivity contribution >= 4 is 28.3 Å². The van der Waals surface area contributed by atoms with E-state index in [-0.39, 0.29) is 23.3 Å². The molecule has 0 bridgehead atoms. The second kappa shape index (κ2) is 6.84. The van der Waals surface area contributed by atoms with E-state index in [0.717, 1.165) is 27.4 Å². The van der Waals surface area contributed by atoms with Gasteiger partial charge in [0.25, 0.3) is 0 Å². The van der Waals surface area contributed by atoms with E-state index in [9.17, 15) is 4.79 Å². The number of thiazole rings is 1. The topological polar surface area (TPSA) is 81.9 Å². The Morgan fingerprint density at radius 2 is 2.11 bits per heavy atom. The molecule has 1 fully saturated rings. The van der Waals surface area contributed by atoms with Crippen LogP contribution in [0.1, 0.15) is 39.1 Å². The number of aryl methyl sites for hydroxylation is 1. The molecule has 1 aliphatic rings. The van der Waals surface area contributed by atoms with Crippen molar-refractivity contribution < 1.29 is 9.53 Å². The molecule has 1 N–H and O–H groups in total. The predicted octanol–water partition coefficient (Wildman–Crippen LogP) is 3.29. The molecule has 0 radical (unpaired) electrons. The zero-order valence-corrected chi connectivity index (χ0v) is 17.6. The minimum absolute atomic E-state index is 0.00608. The molecule has 1 aliphatic heterocycles. The van der Waals surface area contributed by atoms with E-state index < -0.39 is 0 Å². The Hall–Kier alpha value is -2.48. The number of carbonyl (C=O) groups excluding carboxylic acids is 1. The average molecular weight is 400 g/mol. The molecule has 7 nitrogen and oxygen atoms in total. The summed E-state index contributed by atoms with van der Waals surface area (Å²) in [6.45, 7) is 9.08. The molecule has 148 valence electrons. The first-order valence-corrected chi connectivity index (χ1v) is 10.3. The second-order valence-corrected chi connectivity index (χ2v) is 9.27. The molecule has 0 saturated carbocycles. The number of rotatable bonds is 4. The Labute approximate surface area is 168 Å². The SMILES string of the molecule is CC(Oc1nc(-c2csc(C(C)(C)C)n2)cc2ncn(C)c12)[C@H]1CNC(=O)C1. The number of nitrogens with zero attached hydrogens (tertiary/aromatic N) is 4. The maximum Gasteiger partial charge on any atom is 0.241 e. The molecule has 0 spiro atoms. The minimum Gasteiger partial charge on any atom is -0.473 e. The van der Waals surface area contributed by atoms with Crippen molar-refractivity contribution in [3.05, 3.63) is 22.8 Å². The predicted molar refractivity (Wildman–Crippen MR) is 110 cm³/mol. The van der Waals surface area contributed by atoms with Crippen molar-refractivity contribution in [2.75, 3.05) is 6.54 Å². The summed E-state index contributed by atoms with van der Waals surface area (Å²) in [5.41, 5.74) is 3.24. The first-order chi connectivity index (χ1) is 13.2. The molecule has 1 amide bonds. The van der Waals surface area contributed by atoms with Gasteiger partial charge in [0.05, 0.1) is 22.5 Å². The van der Waals surface area contributed by atoms with Crippen LogP contribution in [-0.2, 0) is 17.3 Å². The lowest BCUT2D eigenvalue weighted by Gasteiger charge is -2.20. The van der Waals surface area contributed by atoms with Gasteiger partial charge in [-0.2, -0.15) is 0 Å². The Morgan fingerprint density at radius 3 is 2.75 bits per heavy atom. The summed E-state index contributed by atoms with van der Waals surface area (Å²) in [7, 11) is 1.93. The zero-order chi connectivity index (χ0) is 20.1. The number of imidazole rings is 1. The van der Waals surface area contributed by atoms with Crippen molar-refractivity contribution in [2.24, 2.45) is 13.0 Å². The summed E-state index contributed by atoms with van der Waals surface area (Å²) in [6, 6.07) is 1.95. The number of hydrogen-bond donors (Lipinski definition) is 1. The highest BCUT2D eigenvalue weighted by atomic mass is 32.1. The monoisotopic (exact) mass is 399 g/mol. The van der Waals surface area contributed by atoms with Crippen molar-refractivity contribution in [1.29, 1.82) is 0 Å². The van der Waals surface area contributed by atoms with Gasteiger partial charge >= 0.3 is 0 Å². The van der Waals surface area contributed by atoms with E-state index in [4.69, 9.17) is 14.7 Å². The fourth-order valence-electron chi connectivity index (χ4n) is 3.32. The Bertz CT molecular complexity index is 1030. The highest BCUT2D eigenvalue weighted by Gasteiger charge is 2.29. The lowest BCUT2D eigenvalue weighted by Crippen LogP contribution is -2.26. The van der Waals surface area contributed by atoms with E-state index in [1.165, 1.54) is 0 Å². The molecule has 2 atom stereocenters. The number of carbonyl (C=O) groups is 1. The van der Waals surface area contributed by atoms with Crippen LogP contribution in [0.5, 0.6) is 5.88 Å². The standard InChI is InChI=1S/C20H25N5O2S/c1-11(12-6-16(26)21-8-12)27-18-17-14(22-10-25(17)5)7-13(23-18)15-9-28-19(24-15)20(2,3)4/h7,9-12H,6,8H2,1-5H3,(H,21,26)/t11?,12-/m1/s1. The van der Waals surface area contributed by atoms with Gasteiger partial charge in [0.1, 0.15) is 17.3 Å². The molecule has 3 aromatic rings. The van der Waals surface area contributed by atoms with Gasteiger partial charge in [-0.05, 0) is 13.0 Å². The Balaban J connectivity index is 1.72. The van der Waals surface area contributed by atoms with E-state index in [0.29, 0.717) is 18.8 Å². The van der Waals surface area contributed by atoms with Crippen LogP contribution in [0.15, 0.2) is 17.8 Å². The first-order valence-electron chi connectivity index (χ1n) is 9.44. The number of amides is 1. The number of pyridine rings is 1. The van der Waals surface area contributed by atoms with Crippen LogP contribution in [0.4, 0.5) is 0 Å². The van der Waals surface area contributed by atoms with E-state index in [2.05, 4.69) is 31.1 Å². The van der Waals surface area contributed by atoms with Gasteiger partial charge in [0.2, 0.25) is 11.8 Å². The van der Waals surface area contributed by atoms with Gasteiger partial charge in [0, 0.05) is 36.7 Å². The van der Waals surface area contributed by atoms with Crippen LogP contribution in [0.25, 0.3) is 22.4 Å². The summed E-state index contributed by atoms with van der Waals surface area (Å²) >= 11 is 1.64. The fourth-order valence-corrected chi connectivity index (χ4v) is 4.22. The van der Waals surface area contributed by atoms with Gasteiger partial charge in [0.15, 0.2) is 0 Å². The fraction of sp³-hybridized carbons (Fsp3) is 0.500. The molecule has 4 rings (SSSR count). The summed E-state index contributed by atoms with van der Waals surface area (Å²) < 4.78 is 8.16. The molecule has 0 aromatic carbocycles. The smallest absolute Gasteiger partial charge is 0.241 e. The van der Waals surface area contributed by atoms with Crippen molar-refractivity contribution in [2.45, 2.75) is 45.6 Å². The molecule has 28 heavy (non-hydrogen) atoms. The molecular weight excluding hydrogens is 374 g/mol. The lowest BCUT2D eigenvalue weighted by atomic mass is 9.98. The third-order valence-electron chi connectivity index (χ3n) is 5.04. The quantitative estimate of drug-likeness (QED) is 0.728. The van der Waals surface area contributed by atoms with Gasteiger partial charge < -0.3 is 14.6 Å². The molecule has 1 unspecified atom stereocenters. The van der Waals surface area contributed by atoms with E-state index in [1.54, 1.807) is 17.7 Å². The number of aromatic nitrogens is 4. The highest BCUT2D eigenvalue weighted by Crippen LogP contribution is 2.33. The molecule has 8 heteroatoms. The lowest BCUT2D eigenvalue weighted by molar-refractivity contribution is -0.119. The van der Waals surface area contributed by atoms with Crippen molar-refractivity contribution in [3.8, 4) is 17.3 Å². The Kier molecular flexibility index (Phi) is 4.61. The molecular formula is C20H25N5O2S. The van der Waals surface area contributed by atoms with E-state index in [1.807, 2.05) is 30.0 Å². The van der Waals surface area contributed by atoms with Crippen LogP contribution in [0.2, 0.25) is 0 Å². The van der Waals surface area contributed by atoms with Crippen LogP contribution in [0.3, 0.4) is 0 Å². The van der Waals surface area contributed by atoms with Crippen molar-refractivity contribution in [3.63, 3.8) is 0 Å². The van der Waals surface area contributed by atoms with Gasteiger partial charge in [-0.25, -0.2) is 15.0 Å².